The van der Waals surface area contributed by atoms with Crippen molar-refractivity contribution in [1.82, 2.24) is 5.32 Å². The summed E-state index contributed by atoms with van der Waals surface area (Å²) in [5.41, 5.74) is -1.72. The number of hydrogen-bond acceptors (Lipinski definition) is 5. The van der Waals surface area contributed by atoms with E-state index in [4.69, 9.17) is 9.47 Å². The fourth-order valence-corrected chi connectivity index (χ4v) is 2.55. The highest BCUT2D eigenvalue weighted by Gasteiger charge is 2.46. The number of amides is 1. The molecule has 1 N–H and O–H groups in total. The fraction of sp³-hybridized carbons (Fsp3) is 0.533. The van der Waals surface area contributed by atoms with Gasteiger partial charge in [-0.15, -0.1) is 0 Å². The minimum absolute atomic E-state index is 0.0251. The Balaban J connectivity index is 2.06. The number of nitrogens with zero attached hydrogens (tertiary/aromatic N) is 1. The predicted octanol–water partition coefficient (Wildman–Crippen LogP) is 3.93. The van der Waals surface area contributed by atoms with Gasteiger partial charge in [0.2, 0.25) is 5.75 Å². The average Bonchev–Trinajstić information content (AvgIpc) is 3.14. The highest BCUT2D eigenvalue weighted by molar-refractivity contribution is 9.10. The minimum atomic E-state index is -0.742. The summed E-state index contributed by atoms with van der Waals surface area (Å²) >= 11 is 3.06. The Kier molecular flexibility index (Phi) is 5.03. The second kappa shape index (κ2) is 6.54. The third-order valence-corrected chi connectivity index (χ3v) is 3.89. The largest absolute Gasteiger partial charge is 0.484 e. The third-order valence-electron chi connectivity index (χ3n) is 3.30. The molecule has 0 bridgehead atoms. The highest BCUT2D eigenvalue weighted by atomic mass is 79.9. The van der Waals surface area contributed by atoms with Crippen molar-refractivity contribution in [3.8, 4) is 5.75 Å². The lowest BCUT2D eigenvalue weighted by Crippen LogP contribution is -2.44. The molecule has 0 aromatic heterocycles. The van der Waals surface area contributed by atoms with Crippen LogP contribution in [0.15, 0.2) is 16.6 Å². The molecule has 0 unspecified atom stereocenters. The SMILES string of the molecule is CC(C)(C)OC(=O)NC1(COc2c(Br)cc(F)cc2[N+](=O)[O-])CC1. The topological polar surface area (TPSA) is 90.7 Å². The van der Waals surface area contributed by atoms with Gasteiger partial charge < -0.3 is 14.8 Å². The highest BCUT2D eigenvalue weighted by Crippen LogP contribution is 2.40. The summed E-state index contributed by atoms with van der Waals surface area (Å²) in [6, 6.07) is 1.88. The lowest BCUT2D eigenvalue weighted by atomic mass is 10.2. The first-order valence-electron chi connectivity index (χ1n) is 7.29. The second-order valence-electron chi connectivity index (χ2n) is 6.69. The lowest BCUT2D eigenvalue weighted by molar-refractivity contribution is -0.386. The van der Waals surface area contributed by atoms with Crippen LogP contribution in [-0.2, 0) is 4.74 Å². The summed E-state index contributed by atoms with van der Waals surface area (Å²) in [4.78, 5) is 22.2. The maximum Gasteiger partial charge on any atom is 0.408 e. The molecule has 1 aromatic carbocycles. The third kappa shape index (κ3) is 4.80. The molecular weight excluding hydrogens is 387 g/mol. The molecule has 0 radical (unpaired) electrons. The normalized spacial score (nSPS) is 15.5. The van der Waals surface area contributed by atoms with Crippen LogP contribution in [-0.4, -0.2) is 28.8 Å². The van der Waals surface area contributed by atoms with Gasteiger partial charge in [-0.1, -0.05) is 0 Å². The molecule has 24 heavy (non-hydrogen) atoms. The number of rotatable bonds is 5. The Morgan fingerprint density at radius 3 is 2.58 bits per heavy atom. The molecule has 0 spiro atoms. The molecule has 7 nitrogen and oxygen atoms in total. The minimum Gasteiger partial charge on any atom is -0.484 e. The van der Waals surface area contributed by atoms with Crippen molar-refractivity contribution >= 4 is 27.7 Å². The number of nitro groups is 1. The van der Waals surface area contributed by atoms with Crippen LogP contribution >= 0.6 is 15.9 Å². The van der Waals surface area contributed by atoms with Crippen molar-refractivity contribution < 1.29 is 23.6 Å². The van der Waals surface area contributed by atoms with Gasteiger partial charge in [-0.05, 0) is 55.6 Å². The van der Waals surface area contributed by atoms with Crippen LogP contribution in [0.5, 0.6) is 5.75 Å². The number of benzene rings is 1. The van der Waals surface area contributed by atoms with Crippen LogP contribution < -0.4 is 10.1 Å². The van der Waals surface area contributed by atoms with E-state index in [1.54, 1.807) is 20.8 Å². The molecule has 1 saturated carbocycles. The van der Waals surface area contributed by atoms with E-state index in [1.165, 1.54) is 0 Å². The first-order valence-corrected chi connectivity index (χ1v) is 8.08. The first-order chi connectivity index (χ1) is 11.0. The zero-order valence-electron chi connectivity index (χ0n) is 13.5. The van der Waals surface area contributed by atoms with Crippen LogP contribution in [0.2, 0.25) is 0 Å². The van der Waals surface area contributed by atoms with E-state index in [-0.39, 0.29) is 16.8 Å². The number of alkyl carbamates (subject to hydrolysis) is 1. The van der Waals surface area contributed by atoms with Crippen molar-refractivity contribution in [1.29, 1.82) is 0 Å². The number of hydrogen-bond donors (Lipinski definition) is 1. The van der Waals surface area contributed by atoms with Gasteiger partial charge in [0.25, 0.3) is 0 Å². The molecule has 0 aliphatic heterocycles. The van der Waals surface area contributed by atoms with Crippen molar-refractivity contribution in [3.05, 3.63) is 32.5 Å². The van der Waals surface area contributed by atoms with E-state index in [9.17, 15) is 19.3 Å². The standard InChI is InChI=1S/C15H18BrFN2O5/c1-14(2,3)24-13(20)18-15(4-5-15)8-23-12-10(16)6-9(17)7-11(12)19(21)22/h6-7H,4-5,8H2,1-3H3,(H,18,20). The van der Waals surface area contributed by atoms with Crippen LogP contribution in [0.4, 0.5) is 14.9 Å². The van der Waals surface area contributed by atoms with Crippen LogP contribution in [0.1, 0.15) is 33.6 Å². The van der Waals surface area contributed by atoms with E-state index in [2.05, 4.69) is 21.2 Å². The van der Waals surface area contributed by atoms with Crippen LogP contribution in [0, 0.1) is 15.9 Å². The molecule has 0 heterocycles. The molecule has 9 heteroatoms. The van der Waals surface area contributed by atoms with Gasteiger partial charge in [0.05, 0.1) is 21.0 Å². The van der Waals surface area contributed by atoms with Gasteiger partial charge in [-0.25, -0.2) is 9.18 Å². The number of carbonyl (C=O) groups is 1. The Morgan fingerprint density at radius 1 is 1.46 bits per heavy atom. The van der Waals surface area contributed by atoms with Crippen LogP contribution in [0.25, 0.3) is 0 Å². The number of halogens is 2. The Bertz CT molecular complexity index is 671. The Morgan fingerprint density at radius 2 is 2.08 bits per heavy atom. The molecule has 132 valence electrons. The average molecular weight is 405 g/mol. The summed E-state index contributed by atoms with van der Waals surface area (Å²) < 4.78 is 24.2. The van der Waals surface area contributed by atoms with Crippen molar-refractivity contribution in [2.24, 2.45) is 0 Å². The van der Waals surface area contributed by atoms with Gasteiger partial charge in [-0.2, -0.15) is 0 Å². The summed E-state index contributed by atoms with van der Waals surface area (Å²) in [5, 5.41) is 13.8. The molecule has 0 atom stereocenters. The molecular formula is C15H18BrFN2O5. The Labute approximate surface area is 146 Å². The summed E-state index contributed by atoms with van der Waals surface area (Å²) in [5.74, 6) is -0.812. The monoisotopic (exact) mass is 404 g/mol. The van der Waals surface area contributed by atoms with Gasteiger partial charge in [0, 0.05) is 0 Å². The Hall–Kier alpha value is -1.90. The van der Waals surface area contributed by atoms with E-state index in [1.807, 2.05) is 0 Å². The zero-order chi connectivity index (χ0) is 18.1. The van der Waals surface area contributed by atoms with Gasteiger partial charge >= 0.3 is 11.8 Å². The predicted molar refractivity (Wildman–Crippen MR) is 87.6 cm³/mol. The first kappa shape index (κ1) is 18.4. The number of nitro benzene ring substituents is 1. The van der Waals surface area contributed by atoms with Crippen molar-refractivity contribution in [2.45, 2.75) is 44.8 Å². The summed E-state index contributed by atoms with van der Waals surface area (Å²) in [7, 11) is 0. The summed E-state index contributed by atoms with van der Waals surface area (Å²) in [6.45, 7) is 5.28. The zero-order valence-corrected chi connectivity index (χ0v) is 15.1. The van der Waals surface area contributed by atoms with Crippen molar-refractivity contribution in [3.63, 3.8) is 0 Å². The van der Waals surface area contributed by atoms with E-state index in [0.717, 1.165) is 12.1 Å². The van der Waals surface area contributed by atoms with Crippen LogP contribution in [0.3, 0.4) is 0 Å². The van der Waals surface area contributed by atoms with Crippen molar-refractivity contribution in [2.75, 3.05) is 6.61 Å². The maximum absolute atomic E-state index is 13.3. The van der Waals surface area contributed by atoms with Gasteiger partial charge in [0.1, 0.15) is 18.0 Å². The maximum atomic E-state index is 13.3. The van der Waals surface area contributed by atoms with E-state index >= 15 is 0 Å². The molecule has 1 aliphatic carbocycles. The fourth-order valence-electron chi connectivity index (χ4n) is 2.01. The summed E-state index contributed by atoms with van der Waals surface area (Å²) in [6.07, 6.45) is 0.758. The molecule has 1 fully saturated rings. The van der Waals surface area contributed by atoms with Gasteiger partial charge in [-0.3, -0.25) is 10.1 Å². The van der Waals surface area contributed by atoms with E-state index in [0.29, 0.717) is 12.8 Å². The number of nitrogens with one attached hydrogen (secondary N) is 1. The molecule has 1 amide bonds. The second-order valence-corrected chi connectivity index (χ2v) is 7.54. The molecule has 1 aromatic rings. The molecule has 0 saturated heterocycles. The number of carbonyl (C=O) groups excluding carboxylic acids is 1. The lowest BCUT2D eigenvalue weighted by Gasteiger charge is -2.23. The van der Waals surface area contributed by atoms with Gasteiger partial charge in [0.15, 0.2) is 0 Å². The van der Waals surface area contributed by atoms with E-state index < -0.39 is 33.7 Å². The number of ether oxygens (including phenoxy) is 2. The molecule has 2 rings (SSSR count). The molecule has 1 aliphatic rings. The quantitative estimate of drug-likeness (QED) is 0.592. The smallest absolute Gasteiger partial charge is 0.408 e.